The Labute approximate surface area is 98.2 Å². The fraction of sp³-hybridized carbons (Fsp3) is 0.267. The maximum atomic E-state index is 4.20. The van der Waals surface area contributed by atoms with Crippen molar-refractivity contribution in [2.24, 2.45) is 0 Å². The Hall–Kier alpha value is -1.63. The molecule has 1 heterocycles. The molecule has 0 bridgehead atoms. The molecule has 0 aliphatic rings. The molecule has 0 aromatic carbocycles. The molecule has 1 heteroatoms. The SMILES string of the molecule is C\C=C(/C=C\C=C/CC)c1cncc(C)c1. The van der Waals surface area contributed by atoms with Gasteiger partial charge in [0.15, 0.2) is 0 Å². The van der Waals surface area contributed by atoms with E-state index in [1.54, 1.807) is 0 Å². The molecule has 1 aromatic heterocycles. The first-order valence-corrected chi connectivity index (χ1v) is 5.69. The minimum Gasteiger partial charge on any atom is -0.264 e. The molecule has 0 amide bonds. The molecule has 84 valence electrons. The predicted octanol–water partition coefficient (Wildman–Crippen LogP) is 4.32. The van der Waals surface area contributed by atoms with E-state index in [-0.39, 0.29) is 0 Å². The lowest BCUT2D eigenvalue weighted by molar-refractivity contribution is 1.22. The van der Waals surface area contributed by atoms with E-state index < -0.39 is 0 Å². The number of rotatable bonds is 4. The standard InChI is InChI=1S/C15H19N/c1-4-6-7-8-9-14(5-2)15-10-13(3)11-16-12-15/h5-12H,4H2,1-3H3/b7-6-,9-8-,14-5+. The van der Waals surface area contributed by atoms with E-state index in [9.17, 15) is 0 Å². The average molecular weight is 213 g/mol. The monoisotopic (exact) mass is 213 g/mol. The summed E-state index contributed by atoms with van der Waals surface area (Å²) in [7, 11) is 0. The Morgan fingerprint density at radius 3 is 2.75 bits per heavy atom. The quantitative estimate of drug-likeness (QED) is 0.679. The van der Waals surface area contributed by atoms with Crippen molar-refractivity contribution < 1.29 is 0 Å². The van der Waals surface area contributed by atoms with Gasteiger partial charge >= 0.3 is 0 Å². The second-order valence-corrected chi connectivity index (χ2v) is 3.69. The molecule has 1 nitrogen and oxygen atoms in total. The first kappa shape index (κ1) is 12.4. The molecule has 0 saturated heterocycles. The van der Waals surface area contributed by atoms with Gasteiger partial charge in [-0.1, -0.05) is 37.3 Å². The van der Waals surface area contributed by atoms with Crippen LogP contribution >= 0.6 is 0 Å². The van der Waals surface area contributed by atoms with Crippen molar-refractivity contribution >= 4 is 5.57 Å². The molecule has 0 unspecified atom stereocenters. The molecule has 1 aromatic rings. The summed E-state index contributed by atoms with van der Waals surface area (Å²) < 4.78 is 0. The van der Waals surface area contributed by atoms with Gasteiger partial charge in [0.25, 0.3) is 0 Å². The van der Waals surface area contributed by atoms with Crippen LogP contribution in [0.4, 0.5) is 0 Å². The van der Waals surface area contributed by atoms with Gasteiger partial charge in [-0.25, -0.2) is 0 Å². The summed E-state index contributed by atoms with van der Waals surface area (Å²) in [6, 6.07) is 2.15. The van der Waals surface area contributed by atoms with E-state index in [0.717, 1.165) is 6.42 Å². The minimum atomic E-state index is 1.07. The lowest BCUT2D eigenvalue weighted by Gasteiger charge is -2.01. The van der Waals surface area contributed by atoms with Gasteiger partial charge in [-0.15, -0.1) is 0 Å². The normalized spacial score (nSPS) is 12.8. The molecular weight excluding hydrogens is 194 g/mol. The first-order valence-electron chi connectivity index (χ1n) is 5.69. The summed E-state index contributed by atoms with van der Waals surface area (Å²) in [6.45, 7) is 6.24. The summed E-state index contributed by atoms with van der Waals surface area (Å²) >= 11 is 0. The molecule has 1 rings (SSSR count). The van der Waals surface area contributed by atoms with Gasteiger partial charge in [-0.05, 0) is 43.0 Å². The lowest BCUT2D eigenvalue weighted by Crippen LogP contribution is -1.84. The van der Waals surface area contributed by atoms with Crippen LogP contribution in [-0.2, 0) is 0 Å². The van der Waals surface area contributed by atoms with Crippen LogP contribution in [0.15, 0.2) is 48.8 Å². The van der Waals surface area contributed by atoms with Gasteiger partial charge in [-0.3, -0.25) is 4.98 Å². The summed E-state index contributed by atoms with van der Waals surface area (Å²) in [4.78, 5) is 4.20. The van der Waals surface area contributed by atoms with Crippen molar-refractivity contribution in [3.63, 3.8) is 0 Å². The highest BCUT2D eigenvalue weighted by Crippen LogP contribution is 2.15. The molecule has 0 aliphatic carbocycles. The van der Waals surface area contributed by atoms with Crippen LogP contribution in [0, 0.1) is 6.92 Å². The number of aryl methyl sites for hydroxylation is 1. The molecule has 0 atom stereocenters. The third-order valence-electron chi connectivity index (χ3n) is 2.28. The minimum absolute atomic E-state index is 1.07. The summed E-state index contributed by atoms with van der Waals surface area (Å²) in [6.07, 6.45) is 15.3. The molecule has 0 fully saturated rings. The van der Waals surface area contributed by atoms with Crippen LogP contribution in [-0.4, -0.2) is 4.98 Å². The van der Waals surface area contributed by atoms with Gasteiger partial charge in [0.2, 0.25) is 0 Å². The molecule has 0 radical (unpaired) electrons. The Bertz CT molecular complexity index is 411. The number of pyridine rings is 1. The Balaban J connectivity index is 2.84. The zero-order valence-electron chi connectivity index (χ0n) is 10.3. The third kappa shape index (κ3) is 3.85. The predicted molar refractivity (Wildman–Crippen MR) is 71.2 cm³/mol. The van der Waals surface area contributed by atoms with E-state index in [1.165, 1.54) is 16.7 Å². The second kappa shape index (κ2) is 6.78. The van der Waals surface area contributed by atoms with Gasteiger partial charge in [0, 0.05) is 12.4 Å². The van der Waals surface area contributed by atoms with Crippen molar-refractivity contribution in [3.05, 3.63) is 60.0 Å². The average Bonchev–Trinajstić information content (AvgIpc) is 2.29. The smallest absolute Gasteiger partial charge is 0.0346 e. The number of hydrogen-bond acceptors (Lipinski definition) is 1. The van der Waals surface area contributed by atoms with Crippen LogP contribution in [0.5, 0.6) is 0 Å². The Morgan fingerprint density at radius 2 is 2.12 bits per heavy atom. The molecule has 0 saturated carbocycles. The highest BCUT2D eigenvalue weighted by atomic mass is 14.6. The molecule has 0 aliphatic heterocycles. The topological polar surface area (TPSA) is 12.9 Å². The van der Waals surface area contributed by atoms with Gasteiger partial charge < -0.3 is 0 Å². The number of aromatic nitrogens is 1. The second-order valence-electron chi connectivity index (χ2n) is 3.69. The van der Waals surface area contributed by atoms with Gasteiger partial charge in [0.05, 0.1) is 0 Å². The number of hydrogen-bond donors (Lipinski definition) is 0. The maximum absolute atomic E-state index is 4.20. The largest absolute Gasteiger partial charge is 0.264 e. The molecule has 0 N–H and O–H groups in total. The highest BCUT2D eigenvalue weighted by molar-refractivity contribution is 5.73. The van der Waals surface area contributed by atoms with E-state index in [2.05, 4.69) is 55.3 Å². The lowest BCUT2D eigenvalue weighted by atomic mass is 10.1. The molecular formula is C15H19N. The van der Waals surface area contributed by atoms with Crippen LogP contribution in [0.2, 0.25) is 0 Å². The van der Waals surface area contributed by atoms with Crippen molar-refractivity contribution in [1.29, 1.82) is 0 Å². The summed E-state index contributed by atoms with van der Waals surface area (Å²) in [5.41, 5.74) is 3.56. The zero-order chi connectivity index (χ0) is 11.8. The van der Waals surface area contributed by atoms with Crippen molar-refractivity contribution in [2.45, 2.75) is 27.2 Å². The van der Waals surface area contributed by atoms with E-state index in [1.807, 2.05) is 19.3 Å². The number of allylic oxidation sites excluding steroid dienone is 6. The van der Waals surface area contributed by atoms with Crippen LogP contribution in [0.25, 0.3) is 5.57 Å². The van der Waals surface area contributed by atoms with E-state index in [0.29, 0.717) is 0 Å². The fourth-order valence-corrected chi connectivity index (χ4v) is 1.45. The van der Waals surface area contributed by atoms with Crippen molar-refractivity contribution in [3.8, 4) is 0 Å². The van der Waals surface area contributed by atoms with E-state index >= 15 is 0 Å². The van der Waals surface area contributed by atoms with Gasteiger partial charge in [-0.2, -0.15) is 0 Å². The molecule has 16 heavy (non-hydrogen) atoms. The Kier molecular flexibility index (Phi) is 5.27. The summed E-state index contributed by atoms with van der Waals surface area (Å²) in [5.74, 6) is 0. The highest BCUT2D eigenvalue weighted by Gasteiger charge is 1.96. The first-order chi connectivity index (χ1) is 7.77. The van der Waals surface area contributed by atoms with Crippen LogP contribution < -0.4 is 0 Å². The van der Waals surface area contributed by atoms with Crippen LogP contribution in [0.3, 0.4) is 0 Å². The maximum Gasteiger partial charge on any atom is 0.0346 e. The van der Waals surface area contributed by atoms with Crippen molar-refractivity contribution in [2.75, 3.05) is 0 Å². The third-order valence-corrected chi connectivity index (χ3v) is 2.28. The van der Waals surface area contributed by atoms with E-state index in [4.69, 9.17) is 0 Å². The molecule has 0 spiro atoms. The Morgan fingerprint density at radius 1 is 1.31 bits per heavy atom. The number of nitrogens with zero attached hydrogens (tertiary/aromatic N) is 1. The zero-order valence-corrected chi connectivity index (χ0v) is 10.3. The van der Waals surface area contributed by atoms with Gasteiger partial charge in [0.1, 0.15) is 0 Å². The van der Waals surface area contributed by atoms with Crippen LogP contribution in [0.1, 0.15) is 31.4 Å². The summed E-state index contributed by atoms with van der Waals surface area (Å²) in [5, 5.41) is 0. The fourth-order valence-electron chi connectivity index (χ4n) is 1.45. The van der Waals surface area contributed by atoms with Crippen molar-refractivity contribution in [1.82, 2.24) is 4.98 Å².